The zero-order valence-electron chi connectivity index (χ0n) is 15.2. The smallest absolute Gasteiger partial charge is 0.258 e. The highest BCUT2D eigenvalue weighted by Crippen LogP contribution is 2.29. The SMILES string of the molecule is CCOc1ccc2nc(NC(=O)CCc3nc4ccccc4c(=O)[nH]3)sc2c1. The van der Waals surface area contributed by atoms with E-state index in [2.05, 4.69) is 20.3 Å². The average Bonchev–Trinajstić information content (AvgIpc) is 3.08. The fraction of sp³-hybridized carbons (Fsp3) is 0.200. The van der Waals surface area contributed by atoms with E-state index in [9.17, 15) is 9.59 Å². The van der Waals surface area contributed by atoms with Crippen LogP contribution in [-0.2, 0) is 11.2 Å². The maximum absolute atomic E-state index is 12.3. The van der Waals surface area contributed by atoms with Crippen molar-refractivity contribution in [2.75, 3.05) is 11.9 Å². The Morgan fingerprint density at radius 2 is 2.04 bits per heavy atom. The number of ether oxygens (including phenoxy) is 1. The predicted octanol–water partition coefficient (Wildman–Crippen LogP) is 3.50. The first-order chi connectivity index (χ1) is 13.6. The van der Waals surface area contributed by atoms with Crippen molar-refractivity contribution in [2.45, 2.75) is 19.8 Å². The molecule has 142 valence electrons. The number of hydrogen-bond donors (Lipinski definition) is 2. The molecule has 1 amide bonds. The number of hydrogen-bond acceptors (Lipinski definition) is 6. The van der Waals surface area contributed by atoms with E-state index in [0.717, 1.165) is 16.0 Å². The average molecular weight is 394 g/mol. The van der Waals surface area contributed by atoms with Crippen molar-refractivity contribution in [1.82, 2.24) is 15.0 Å². The van der Waals surface area contributed by atoms with Crippen LogP contribution in [0.25, 0.3) is 21.1 Å². The molecular formula is C20H18N4O3S. The van der Waals surface area contributed by atoms with E-state index in [1.165, 1.54) is 11.3 Å². The molecule has 4 aromatic rings. The molecule has 0 aliphatic heterocycles. The third kappa shape index (κ3) is 3.86. The fourth-order valence-electron chi connectivity index (χ4n) is 2.88. The largest absolute Gasteiger partial charge is 0.494 e. The van der Waals surface area contributed by atoms with Gasteiger partial charge in [0.1, 0.15) is 11.6 Å². The highest BCUT2D eigenvalue weighted by atomic mass is 32.1. The molecule has 0 saturated heterocycles. The fourth-order valence-corrected chi connectivity index (χ4v) is 3.79. The normalized spacial score (nSPS) is 11.0. The minimum absolute atomic E-state index is 0.181. The van der Waals surface area contributed by atoms with Gasteiger partial charge in [0.05, 0.1) is 27.7 Å². The Hall–Kier alpha value is -3.26. The number of nitrogens with zero attached hydrogens (tertiary/aromatic N) is 2. The van der Waals surface area contributed by atoms with Crippen molar-refractivity contribution in [3.8, 4) is 5.75 Å². The third-order valence-electron chi connectivity index (χ3n) is 4.17. The van der Waals surface area contributed by atoms with Gasteiger partial charge < -0.3 is 15.0 Å². The summed E-state index contributed by atoms with van der Waals surface area (Å²) in [7, 11) is 0. The molecule has 0 aliphatic carbocycles. The van der Waals surface area contributed by atoms with Crippen molar-refractivity contribution in [1.29, 1.82) is 0 Å². The Balaban J connectivity index is 1.43. The van der Waals surface area contributed by atoms with Gasteiger partial charge in [0.15, 0.2) is 5.13 Å². The first-order valence-electron chi connectivity index (χ1n) is 8.93. The van der Waals surface area contributed by atoms with Gasteiger partial charge in [-0.25, -0.2) is 9.97 Å². The van der Waals surface area contributed by atoms with Crippen LogP contribution in [0.3, 0.4) is 0 Å². The molecular weight excluding hydrogens is 376 g/mol. The van der Waals surface area contributed by atoms with Crippen molar-refractivity contribution < 1.29 is 9.53 Å². The number of fused-ring (bicyclic) bond motifs is 2. The van der Waals surface area contributed by atoms with Crippen LogP contribution >= 0.6 is 11.3 Å². The summed E-state index contributed by atoms with van der Waals surface area (Å²) in [4.78, 5) is 36.0. The second kappa shape index (κ2) is 7.77. The molecule has 2 aromatic heterocycles. The molecule has 0 bridgehead atoms. The second-order valence-corrected chi connectivity index (χ2v) is 7.19. The molecule has 0 fully saturated rings. The second-order valence-electron chi connectivity index (χ2n) is 6.16. The molecule has 0 unspecified atom stereocenters. The molecule has 0 atom stereocenters. The van der Waals surface area contributed by atoms with E-state index in [-0.39, 0.29) is 17.9 Å². The van der Waals surface area contributed by atoms with Gasteiger partial charge in [-0.3, -0.25) is 9.59 Å². The van der Waals surface area contributed by atoms with Gasteiger partial charge in [0, 0.05) is 12.8 Å². The van der Waals surface area contributed by atoms with Crippen LogP contribution in [0, 0.1) is 0 Å². The highest BCUT2D eigenvalue weighted by Gasteiger charge is 2.10. The van der Waals surface area contributed by atoms with Crippen LogP contribution in [0.4, 0.5) is 5.13 Å². The zero-order valence-corrected chi connectivity index (χ0v) is 16.0. The maximum atomic E-state index is 12.3. The molecule has 0 spiro atoms. The molecule has 8 heteroatoms. The van der Waals surface area contributed by atoms with Gasteiger partial charge in [-0.1, -0.05) is 23.5 Å². The number of anilines is 1. The van der Waals surface area contributed by atoms with Crippen LogP contribution in [-0.4, -0.2) is 27.5 Å². The number of aromatic amines is 1. The molecule has 2 aromatic carbocycles. The van der Waals surface area contributed by atoms with Crippen molar-refractivity contribution in [2.24, 2.45) is 0 Å². The van der Waals surface area contributed by atoms with Gasteiger partial charge in [0.25, 0.3) is 5.56 Å². The number of thiazole rings is 1. The van der Waals surface area contributed by atoms with Gasteiger partial charge in [-0.15, -0.1) is 0 Å². The molecule has 4 rings (SSSR count). The molecule has 28 heavy (non-hydrogen) atoms. The van der Waals surface area contributed by atoms with Gasteiger partial charge in [-0.2, -0.15) is 0 Å². The van der Waals surface area contributed by atoms with E-state index >= 15 is 0 Å². The highest BCUT2D eigenvalue weighted by molar-refractivity contribution is 7.22. The van der Waals surface area contributed by atoms with E-state index in [4.69, 9.17) is 4.74 Å². The molecule has 2 N–H and O–H groups in total. The Bertz CT molecular complexity index is 1220. The van der Waals surface area contributed by atoms with E-state index in [1.807, 2.05) is 31.2 Å². The monoisotopic (exact) mass is 394 g/mol. The van der Waals surface area contributed by atoms with Crippen molar-refractivity contribution in [3.05, 3.63) is 58.6 Å². The lowest BCUT2D eigenvalue weighted by molar-refractivity contribution is -0.116. The van der Waals surface area contributed by atoms with Gasteiger partial charge in [-0.05, 0) is 37.3 Å². The number of para-hydroxylation sites is 1. The zero-order chi connectivity index (χ0) is 19.5. The summed E-state index contributed by atoms with van der Waals surface area (Å²) in [6, 6.07) is 12.8. The standard InChI is InChI=1S/C20H18N4O3S/c1-2-27-12-7-8-15-16(11-12)28-20(22-15)24-18(25)10-9-17-21-14-6-4-3-5-13(14)19(26)23-17/h3-8,11H,2,9-10H2,1H3,(H,21,23,26)(H,22,24,25). The number of benzene rings is 2. The third-order valence-corrected chi connectivity index (χ3v) is 5.10. The number of carbonyl (C=O) groups excluding carboxylic acids is 1. The summed E-state index contributed by atoms with van der Waals surface area (Å²) in [6.07, 6.45) is 0.534. The van der Waals surface area contributed by atoms with Crippen molar-refractivity contribution >= 4 is 43.5 Å². The summed E-state index contributed by atoms with van der Waals surface area (Å²) in [6.45, 7) is 2.53. The maximum Gasteiger partial charge on any atom is 0.258 e. The number of H-pyrrole nitrogens is 1. The van der Waals surface area contributed by atoms with Gasteiger partial charge in [0.2, 0.25) is 5.91 Å². The van der Waals surface area contributed by atoms with Crippen LogP contribution < -0.4 is 15.6 Å². The Morgan fingerprint density at radius 1 is 1.18 bits per heavy atom. The number of nitrogens with one attached hydrogen (secondary N) is 2. The quantitative estimate of drug-likeness (QED) is 0.522. The number of aryl methyl sites for hydroxylation is 1. The van der Waals surface area contributed by atoms with E-state index in [0.29, 0.717) is 34.9 Å². The predicted molar refractivity (Wildman–Crippen MR) is 110 cm³/mol. The van der Waals surface area contributed by atoms with E-state index in [1.54, 1.807) is 18.2 Å². The molecule has 2 heterocycles. The first kappa shape index (κ1) is 18.1. The molecule has 0 saturated carbocycles. The van der Waals surface area contributed by atoms with Crippen LogP contribution in [0.5, 0.6) is 5.75 Å². The minimum atomic E-state index is -0.197. The minimum Gasteiger partial charge on any atom is -0.494 e. The lowest BCUT2D eigenvalue weighted by atomic mass is 10.2. The molecule has 7 nitrogen and oxygen atoms in total. The van der Waals surface area contributed by atoms with Crippen LogP contribution in [0.2, 0.25) is 0 Å². The summed E-state index contributed by atoms with van der Waals surface area (Å²) >= 11 is 1.40. The molecule has 0 radical (unpaired) electrons. The summed E-state index contributed by atoms with van der Waals surface area (Å²) < 4.78 is 6.43. The Morgan fingerprint density at radius 3 is 2.89 bits per heavy atom. The van der Waals surface area contributed by atoms with Crippen LogP contribution in [0.1, 0.15) is 19.2 Å². The van der Waals surface area contributed by atoms with Crippen molar-refractivity contribution in [3.63, 3.8) is 0 Å². The topological polar surface area (TPSA) is 97.0 Å². The number of rotatable bonds is 6. The lowest BCUT2D eigenvalue weighted by Gasteiger charge is -2.03. The Kier molecular flexibility index (Phi) is 5.03. The Labute approximate surface area is 164 Å². The van der Waals surface area contributed by atoms with Crippen LogP contribution in [0.15, 0.2) is 47.3 Å². The summed E-state index contributed by atoms with van der Waals surface area (Å²) in [5.41, 5.74) is 1.24. The number of aromatic nitrogens is 3. The number of carbonyl (C=O) groups is 1. The summed E-state index contributed by atoms with van der Waals surface area (Å²) in [5.74, 6) is 1.09. The first-order valence-corrected chi connectivity index (χ1v) is 9.75. The van der Waals surface area contributed by atoms with E-state index < -0.39 is 0 Å². The number of amides is 1. The van der Waals surface area contributed by atoms with Gasteiger partial charge >= 0.3 is 0 Å². The molecule has 0 aliphatic rings. The lowest BCUT2D eigenvalue weighted by Crippen LogP contribution is -2.16. The summed E-state index contributed by atoms with van der Waals surface area (Å²) in [5, 5.41) is 3.89.